The lowest BCUT2D eigenvalue weighted by Gasteiger charge is -2.34. The number of aryl methyl sites for hydroxylation is 1. The predicted molar refractivity (Wildman–Crippen MR) is 121 cm³/mol. The van der Waals surface area contributed by atoms with Crippen LogP contribution in [-0.4, -0.2) is 72.5 Å². The summed E-state index contributed by atoms with van der Waals surface area (Å²) in [6, 6.07) is 13.6. The van der Waals surface area contributed by atoms with Crippen LogP contribution in [0.25, 0.3) is 21.8 Å². The molecule has 1 aromatic heterocycles. The zero-order chi connectivity index (χ0) is 20.9. The molecule has 0 radical (unpaired) electrons. The number of aromatic nitrogens is 1. The number of piperazine rings is 1. The molecule has 2 aromatic carbocycles. The van der Waals surface area contributed by atoms with E-state index < -0.39 is 0 Å². The van der Waals surface area contributed by atoms with Gasteiger partial charge in [0.15, 0.2) is 5.43 Å². The molecule has 0 unspecified atom stereocenters. The highest BCUT2D eigenvalue weighted by atomic mass is 16.5. The summed E-state index contributed by atoms with van der Waals surface area (Å²) in [5.74, 6) is 0.746. The number of nitrogens with zero attached hydrogens (tertiary/aromatic N) is 3. The molecule has 0 atom stereocenters. The largest absolute Gasteiger partial charge is 0.495 e. The Bertz CT molecular complexity index is 1050. The number of hydrogen-bond acceptors (Lipinski definition) is 5. The van der Waals surface area contributed by atoms with Crippen LogP contribution in [0.5, 0.6) is 5.75 Å². The van der Waals surface area contributed by atoms with E-state index in [0.717, 1.165) is 80.8 Å². The number of para-hydroxylation sites is 2. The maximum Gasteiger partial charge on any atom is 0.197 e. The molecule has 3 aromatic rings. The van der Waals surface area contributed by atoms with Crippen molar-refractivity contribution in [2.75, 3.05) is 53.0 Å². The number of aliphatic hydroxyl groups excluding tert-OH is 1. The monoisotopic (exact) mass is 409 g/mol. The number of benzene rings is 2. The van der Waals surface area contributed by atoms with Gasteiger partial charge in [0, 0.05) is 44.7 Å². The molecule has 0 spiro atoms. The third-order valence-corrected chi connectivity index (χ3v) is 6.16. The molecular weight excluding hydrogens is 378 g/mol. The van der Waals surface area contributed by atoms with Crippen molar-refractivity contribution in [3.63, 3.8) is 0 Å². The third-order valence-electron chi connectivity index (χ3n) is 6.16. The lowest BCUT2D eigenvalue weighted by atomic mass is 10.1. The highest BCUT2D eigenvalue weighted by Gasteiger charge is 2.17. The topological polar surface area (TPSA) is 57.9 Å². The first-order chi connectivity index (χ1) is 14.7. The Morgan fingerprint density at radius 2 is 1.53 bits per heavy atom. The number of ether oxygens (including phenoxy) is 1. The van der Waals surface area contributed by atoms with Crippen LogP contribution < -0.4 is 10.2 Å². The summed E-state index contributed by atoms with van der Waals surface area (Å²) in [7, 11) is 1.66. The fraction of sp³-hybridized carbons (Fsp3) is 0.458. The van der Waals surface area contributed by atoms with E-state index in [2.05, 4.69) is 14.4 Å². The first-order valence-electron chi connectivity index (χ1n) is 10.9. The zero-order valence-electron chi connectivity index (χ0n) is 17.7. The molecule has 6 nitrogen and oxygen atoms in total. The van der Waals surface area contributed by atoms with Gasteiger partial charge in [-0.3, -0.25) is 9.69 Å². The Balaban J connectivity index is 1.51. The smallest absolute Gasteiger partial charge is 0.197 e. The van der Waals surface area contributed by atoms with Gasteiger partial charge in [-0.25, -0.2) is 0 Å². The second kappa shape index (κ2) is 9.60. The Labute approximate surface area is 177 Å². The van der Waals surface area contributed by atoms with Crippen molar-refractivity contribution in [2.45, 2.75) is 19.4 Å². The number of fused-ring (bicyclic) bond motifs is 2. The summed E-state index contributed by atoms with van der Waals surface area (Å²) < 4.78 is 7.87. The van der Waals surface area contributed by atoms with Gasteiger partial charge in [0.1, 0.15) is 5.75 Å². The number of β-amino-alcohol motifs (C(OH)–C–C–N with tert-alkyl or cyclic N) is 1. The minimum absolute atomic E-state index is 0.0662. The SMILES string of the molecule is COc1cccc2c(=O)c3ccccc3n(CCCCN3CCN(CCO)CC3)c12. The van der Waals surface area contributed by atoms with Crippen molar-refractivity contribution >= 4 is 21.8 Å². The predicted octanol–water partition coefficient (Wildman–Crippen LogP) is 2.55. The van der Waals surface area contributed by atoms with E-state index in [0.29, 0.717) is 5.39 Å². The van der Waals surface area contributed by atoms with Crippen LogP contribution in [0.15, 0.2) is 47.3 Å². The van der Waals surface area contributed by atoms with Gasteiger partial charge in [-0.1, -0.05) is 18.2 Å². The third kappa shape index (κ3) is 4.21. The van der Waals surface area contributed by atoms with E-state index in [1.807, 2.05) is 42.5 Å². The quantitative estimate of drug-likeness (QED) is 0.458. The first-order valence-corrected chi connectivity index (χ1v) is 10.9. The van der Waals surface area contributed by atoms with E-state index in [4.69, 9.17) is 9.84 Å². The Hall–Kier alpha value is -2.41. The highest BCUT2D eigenvalue weighted by Crippen LogP contribution is 2.27. The van der Waals surface area contributed by atoms with Crippen LogP contribution in [0.3, 0.4) is 0 Å². The van der Waals surface area contributed by atoms with Crippen LogP contribution >= 0.6 is 0 Å². The molecule has 160 valence electrons. The van der Waals surface area contributed by atoms with Gasteiger partial charge in [-0.05, 0) is 43.7 Å². The first kappa shape index (κ1) is 20.8. The van der Waals surface area contributed by atoms with Gasteiger partial charge < -0.3 is 19.3 Å². The summed E-state index contributed by atoms with van der Waals surface area (Å²) in [5.41, 5.74) is 1.93. The van der Waals surface area contributed by atoms with Gasteiger partial charge in [0.25, 0.3) is 0 Å². The number of pyridine rings is 1. The maximum absolute atomic E-state index is 13.0. The van der Waals surface area contributed by atoms with Gasteiger partial charge >= 0.3 is 0 Å². The Kier molecular flexibility index (Phi) is 6.67. The van der Waals surface area contributed by atoms with Crippen molar-refractivity contribution in [1.29, 1.82) is 0 Å². The molecule has 4 rings (SSSR count). The summed E-state index contributed by atoms with van der Waals surface area (Å²) in [6.45, 7) is 7.16. The number of methoxy groups -OCH3 is 1. The maximum atomic E-state index is 13.0. The number of aliphatic hydroxyl groups is 1. The molecule has 1 aliphatic rings. The summed E-state index contributed by atoms with van der Waals surface area (Å²) in [4.78, 5) is 17.9. The minimum atomic E-state index is 0.0662. The summed E-state index contributed by atoms with van der Waals surface area (Å²) in [6.07, 6.45) is 2.15. The molecule has 30 heavy (non-hydrogen) atoms. The molecule has 0 aliphatic carbocycles. The van der Waals surface area contributed by atoms with Crippen molar-refractivity contribution in [3.05, 3.63) is 52.7 Å². The second-order valence-corrected chi connectivity index (χ2v) is 7.97. The average Bonchev–Trinajstić information content (AvgIpc) is 2.79. The molecule has 0 saturated carbocycles. The molecular formula is C24H31N3O3. The van der Waals surface area contributed by atoms with Crippen LogP contribution in [-0.2, 0) is 6.54 Å². The fourth-order valence-electron chi connectivity index (χ4n) is 4.53. The fourth-order valence-corrected chi connectivity index (χ4v) is 4.53. The molecule has 6 heteroatoms. The molecule has 1 N–H and O–H groups in total. The van der Waals surface area contributed by atoms with Gasteiger partial charge in [-0.2, -0.15) is 0 Å². The lowest BCUT2D eigenvalue weighted by Crippen LogP contribution is -2.47. The van der Waals surface area contributed by atoms with E-state index in [-0.39, 0.29) is 12.0 Å². The van der Waals surface area contributed by atoms with Gasteiger partial charge in [-0.15, -0.1) is 0 Å². The molecule has 0 amide bonds. The van der Waals surface area contributed by atoms with Gasteiger partial charge in [0.2, 0.25) is 0 Å². The number of rotatable bonds is 8. The molecule has 1 saturated heterocycles. The van der Waals surface area contributed by atoms with Crippen molar-refractivity contribution in [1.82, 2.24) is 14.4 Å². The van der Waals surface area contributed by atoms with Crippen LogP contribution in [0.2, 0.25) is 0 Å². The van der Waals surface area contributed by atoms with Gasteiger partial charge in [0.05, 0.1) is 30.1 Å². The van der Waals surface area contributed by atoms with Crippen molar-refractivity contribution in [2.24, 2.45) is 0 Å². The zero-order valence-corrected chi connectivity index (χ0v) is 17.7. The summed E-state index contributed by atoms with van der Waals surface area (Å²) in [5, 5.41) is 10.6. The number of hydrogen-bond donors (Lipinski definition) is 1. The van der Waals surface area contributed by atoms with Crippen molar-refractivity contribution in [3.8, 4) is 5.75 Å². The Morgan fingerprint density at radius 1 is 0.867 bits per heavy atom. The standard InChI is InChI=1S/C24H31N3O3/c1-30-22-10-6-8-20-23(22)27(21-9-3-2-7-19(21)24(20)29)12-5-4-11-25-13-15-26(16-14-25)17-18-28/h2-3,6-10,28H,4-5,11-18H2,1H3. The Morgan fingerprint density at radius 3 is 2.27 bits per heavy atom. The van der Waals surface area contributed by atoms with E-state index in [1.165, 1.54) is 0 Å². The van der Waals surface area contributed by atoms with Crippen LogP contribution in [0.1, 0.15) is 12.8 Å². The second-order valence-electron chi connectivity index (χ2n) is 7.97. The van der Waals surface area contributed by atoms with E-state index in [9.17, 15) is 4.79 Å². The number of unbranched alkanes of at least 4 members (excludes halogenated alkanes) is 1. The summed E-state index contributed by atoms with van der Waals surface area (Å²) >= 11 is 0. The molecule has 0 bridgehead atoms. The van der Waals surface area contributed by atoms with Crippen molar-refractivity contribution < 1.29 is 9.84 Å². The van der Waals surface area contributed by atoms with E-state index in [1.54, 1.807) is 7.11 Å². The molecule has 1 aliphatic heterocycles. The van der Waals surface area contributed by atoms with Crippen LogP contribution in [0, 0.1) is 0 Å². The highest BCUT2D eigenvalue weighted by molar-refractivity contribution is 5.96. The minimum Gasteiger partial charge on any atom is -0.495 e. The lowest BCUT2D eigenvalue weighted by molar-refractivity contribution is 0.111. The normalized spacial score (nSPS) is 15.8. The van der Waals surface area contributed by atoms with E-state index >= 15 is 0 Å². The molecule has 2 heterocycles. The molecule has 1 fully saturated rings. The average molecular weight is 410 g/mol. The van der Waals surface area contributed by atoms with Crippen LogP contribution in [0.4, 0.5) is 0 Å².